The first-order chi connectivity index (χ1) is 11.0. The van der Waals surface area contributed by atoms with Crippen LogP contribution in [-0.4, -0.2) is 47.3 Å². The van der Waals surface area contributed by atoms with E-state index in [1.54, 1.807) is 27.7 Å². The molecule has 0 radical (unpaired) electrons. The number of aliphatic carboxylic acids is 2. The predicted molar refractivity (Wildman–Crippen MR) is 87.3 cm³/mol. The topological polar surface area (TPSA) is 127 Å². The highest BCUT2D eigenvalue weighted by atomic mass is 16.5. The number of carboxylic acid groups (broad SMARTS) is 2. The molecule has 24 heavy (non-hydrogen) atoms. The summed E-state index contributed by atoms with van der Waals surface area (Å²) < 4.78 is 9.13. The van der Waals surface area contributed by atoms with Crippen LogP contribution < -0.4 is 0 Å². The molecule has 0 heterocycles. The molecule has 0 aliphatic rings. The molecule has 0 rings (SSSR count). The van der Waals surface area contributed by atoms with E-state index in [1.807, 2.05) is 0 Å². The smallest absolute Gasteiger partial charge is 0.333 e. The Morgan fingerprint density at radius 2 is 1.04 bits per heavy atom. The number of ether oxygens (including phenoxy) is 2. The second kappa shape index (κ2) is 16.5. The molecule has 0 fully saturated rings. The normalized spacial score (nSPS) is 8.67. The molecule has 0 aliphatic heterocycles. The minimum absolute atomic E-state index is 0.312. The summed E-state index contributed by atoms with van der Waals surface area (Å²) in [6.07, 6.45) is 1.12. The van der Waals surface area contributed by atoms with Crippen molar-refractivity contribution < 1.29 is 38.9 Å². The van der Waals surface area contributed by atoms with Gasteiger partial charge in [-0.15, -0.1) is 0 Å². The molecular weight excluding hydrogens is 320 g/mol. The van der Waals surface area contributed by atoms with Gasteiger partial charge in [0.25, 0.3) is 0 Å². The van der Waals surface area contributed by atoms with Gasteiger partial charge >= 0.3 is 23.9 Å². The largest absolute Gasteiger partial charge is 0.478 e. The Balaban J connectivity index is -0.000000276. The van der Waals surface area contributed by atoms with Crippen molar-refractivity contribution in [1.82, 2.24) is 0 Å². The Kier molecular flexibility index (Phi) is 17.9. The first-order valence-electron chi connectivity index (χ1n) is 6.78. The highest BCUT2D eigenvalue weighted by Crippen LogP contribution is 1.90. The second-order valence-corrected chi connectivity index (χ2v) is 4.01. The molecule has 8 heteroatoms. The molecule has 0 saturated carbocycles. The number of hydrogen-bond donors (Lipinski definition) is 2. The molecule has 8 nitrogen and oxygen atoms in total. The number of carboxylic acids is 2. The summed E-state index contributed by atoms with van der Waals surface area (Å²) in [5, 5.41) is 15.6. The van der Waals surface area contributed by atoms with Gasteiger partial charge < -0.3 is 19.7 Å². The maximum atomic E-state index is 10.4. The van der Waals surface area contributed by atoms with Gasteiger partial charge in [-0.3, -0.25) is 0 Å². The van der Waals surface area contributed by atoms with Gasteiger partial charge in [0.1, 0.15) is 0 Å². The van der Waals surface area contributed by atoms with Crippen LogP contribution in [0.4, 0.5) is 0 Å². The Morgan fingerprint density at radius 1 is 0.792 bits per heavy atom. The minimum atomic E-state index is -1.26. The van der Waals surface area contributed by atoms with Crippen molar-refractivity contribution in [3.8, 4) is 0 Å². The molecule has 0 bridgehead atoms. The second-order valence-electron chi connectivity index (χ2n) is 4.01. The molecule has 0 unspecified atom stereocenters. The van der Waals surface area contributed by atoms with Crippen LogP contribution in [-0.2, 0) is 28.7 Å². The molecule has 0 aromatic carbocycles. The Labute approximate surface area is 141 Å². The summed E-state index contributed by atoms with van der Waals surface area (Å²) in [6.45, 7) is 14.4. The third-order valence-corrected chi connectivity index (χ3v) is 1.62. The third kappa shape index (κ3) is 24.1. The molecule has 0 saturated heterocycles. The highest BCUT2D eigenvalue weighted by Gasteiger charge is 1.98. The zero-order valence-electron chi connectivity index (χ0n) is 14.3. The standard InChI is InChI=1S/2C6H10O2.C4H4O4/c2*1-4-8-6(7)5(2)3;5-3(6)1-2-4(7)8/h2*2,4H2,1,3H3;1-2H,(H,5,6)(H,7,8)/b;;2-1+. The average molecular weight is 344 g/mol. The van der Waals surface area contributed by atoms with Gasteiger partial charge in [-0.2, -0.15) is 0 Å². The first kappa shape index (κ1) is 26.0. The van der Waals surface area contributed by atoms with E-state index in [2.05, 4.69) is 22.6 Å². The van der Waals surface area contributed by atoms with Crippen LogP contribution in [0.25, 0.3) is 0 Å². The zero-order chi connectivity index (χ0) is 19.7. The monoisotopic (exact) mass is 344 g/mol. The van der Waals surface area contributed by atoms with Crippen molar-refractivity contribution in [2.24, 2.45) is 0 Å². The van der Waals surface area contributed by atoms with Crippen LogP contribution in [0.15, 0.2) is 36.5 Å². The van der Waals surface area contributed by atoms with Crippen LogP contribution in [0, 0.1) is 0 Å². The number of carbonyl (C=O) groups is 4. The Morgan fingerprint density at radius 3 is 1.12 bits per heavy atom. The lowest BCUT2D eigenvalue weighted by atomic mass is 10.4. The van der Waals surface area contributed by atoms with Crippen molar-refractivity contribution in [3.63, 3.8) is 0 Å². The third-order valence-electron chi connectivity index (χ3n) is 1.62. The van der Waals surface area contributed by atoms with Gasteiger partial charge in [0, 0.05) is 23.3 Å². The minimum Gasteiger partial charge on any atom is -0.478 e. The fourth-order valence-electron chi connectivity index (χ4n) is 0.651. The van der Waals surface area contributed by atoms with E-state index in [9.17, 15) is 19.2 Å². The fourth-order valence-corrected chi connectivity index (χ4v) is 0.651. The molecule has 0 aromatic heterocycles. The molecule has 0 amide bonds. The molecule has 0 spiro atoms. The maximum Gasteiger partial charge on any atom is 0.333 e. The fraction of sp³-hybridized carbons (Fsp3) is 0.375. The summed E-state index contributed by atoms with van der Waals surface area (Å²) in [4.78, 5) is 39.9. The quantitative estimate of drug-likeness (QED) is 0.553. The van der Waals surface area contributed by atoms with E-state index >= 15 is 0 Å². The Hall–Kier alpha value is -2.90. The van der Waals surface area contributed by atoms with Gasteiger partial charge in [-0.25, -0.2) is 19.2 Å². The Bertz CT molecular complexity index is 444. The summed E-state index contributed by atoms with van der Waals surface area (Å²) in [6, 6.07) is 0. The van der Waals surface area contributed by atoms with E-state index in [1.165, 1.54) is 0 Å². The van der Waals surface area contributed by atoms with E-state index in [0.29, 0.717) is 36.5 Å². The van der Waals surface area contributed by atoms with E-state index in [0.717, 1.165) is 0 Å². The first-order valence-corrected chi connectivity index (χ1v) is 6.78. The van der Waals surface area contributed by atoms with Crippen LogP contribution in [0.2, 0.25) is 0 Å². The number of rotatable bonds is 6. The predicted octanol–water partition coefficient (Wildman–Crippen LogP) is 1.96. The number of carbonyl (C=O) groups excluding carboxylic acids is 2. The summed E-state index contributed by atoms with van der Waals surface area (Å²) >= 11 is 0. The van der Waals surface area contributed by atoms with E-state index in [4.69, 9.17) is 10.2 Å². The highest BCUT2D eigenvalue weighted by molar-refractivity contribution is 5.89. The average Bonchev–Trinajstić information content (AvgIpc) is 2.46. The number of esters is 2. The van der Waals surface area contributed by atoms with Crippen molar-refractivity contribution >= 4 is 23.9 Å². The van der Waals surface area contributed by atoms with Crippen molar-refractivity contribution in [3.05, 3.63) is 36.5 Å². The maximum absolute atomic E-state index is 10.4. The lowest BCUT2D eigenvalue weighted by Crippen LogP contribution is -2.03. The van der Waals surface area contributed by atoms with Gasteiger partial charge in [-0.05, 0) is 27.7 Å². The van der Waals surface area contributed by atoms with Gasteiger partial charge in [-0.1, -0.05) is 13.2 Å². The van der Waals surface area contributed by atoms with Crippen molar-refractivity contribution in [2.75, 3.05) is 13.2 Å². The summed E-state index contributed by atoms with van der Waals surface area (Å²) in [7, 11) is 0. The number of hydrogen-bond acceptors (Lipinski definition) is 6. The van der Waals surface area contributed by atoms with Crippen molar-refractivity contribution in [2.45, 2.75) is 27.7 Å². The van der Waals surface area contributed by atoms with Gasteiger partial charge in [0.15, 0.2) is 0 Å². The van der Waals surface area contributed by atoms with Crippen LogP contribution in [0.1, 0.15) is 27.7 Å². The molecule has 0 aliphatic carbocycles. The SMILES string of the molecule is C=C(C)C(=O)OCC.C=C(C)C(=O)OCC.O=C(O)/C=C/C(=O)O. The van der Waals surface area contributed by atoms with Crippen LogP contribution >= 0.6 is 0 Å². The molecule has 136 valence electrons. The van der Waals surface area contributed by atoms with Crippen molar-refractivity contribution in [1.29, 1.82) is 0 Å². The zero-order valence-corrected chi connectivity index (χ0v) is 14.3. The summed E-state index contributed by atoms with van der Waals surface area (Å²) in [5.74, 6) is -3.14. The van der Waals surface area contributed by atoms with E-state index < -0.39 is 11.9 Å². The molecule has 2 N–H and O–H groups in total. The summed E-state index contributed by atoms with van der Waals surface area (Å²) in [5.41, 5.74) is 0.902. The molecule has 0 aromatic rings. The van der Waals surface area contributed by atoms with Gasteiger partial charge in [0.05, 0.1) is 13.2 Å². The lowest BCUT2D eigenvalue weighted by molar-refractivity contribution is -0.139. The molecular formula is C16H24O8. The lowest BCUT2D eigenvalue weighted by Gasteiger charge is -1.96. The van der Waals surface area contributed by atoms with E-state index in [-0.39, 0.29) is 11.9 Å². The molecule has 0 atom stereocenters. The van der Waals surface area contributed by atoms with Crippen LogP contribution in [0.3, 0.4) is 0 Å². The van der Waals surface area contributed by atoms with Crippen LogP contribution in [0.5, 0.6) is 0 Å². The van der Waals surface area contributed by atoms with Gasteiger partial charge in [0.2, 0.25) is 0 Å².